The second-order valence-electron chi connectivity index (χ2n) is 7.72. The van der Waals surface area contributed by atoms with Crippen LogP contribution in [0.4, 0.5) is 0 Å². The molecule has 2 N–H and O–H groups in total. The number of hydrogen-bond acceptors (Lipinski definition) is 4. The third-order valence-electron chi connectivity index (χ3n) is 5.67. The topological polar surface area (TPSA) is 77.0 Å². The van der Waals surface area contributed by atoms with E-state index in [4.69, 9.17) is 0 Å². The highest BCUT2D eigenvalue weighted by Crippen LogP contribution is 2.21. The Kier molecular flexibility index (Phi) is 10.4. The second kappa shape index (κ2) is 12.5. The van der Waals surface area contributed by atoms with Crippen molar-refractivity contribution in [1.82, 2.24) is 19.8 Å². The largest absolute Gasteiger partial charge is 0.352 e. The molecule has 7 nitrogen and oxygen atoms in total. The van der Waals surface area contributed by atoms with Gasteiger partial charge in [0, 0.05) is 46.3 Å². The van der Waals surface area contributed by atoms with Crippen LogP contribution in [-0.2, 0) is 29.5 Å². The van der Waals surface area contributed by atoms with Crippen LogP contribution in [-0.4, -0.2) is 63.9 Å². The number of nitrogens with one attached hydrogen (secondary N) is 2. The molecule has 0 aliphatic carbocycles. The zero-order chi connectivity index (χ0) is 22.3. The average Bonchev–Trinajstić information content (AvgIpc) is 2.80. The van der Waals surface area contributed by atoms with Gasteiger partial charge in [-0.1, -0.05) is 49.4 Å². The molecule has 9 heteroatoms. The van der Waals surface area contributed by atoms with Crippen LogP contribution in [0.3, 0.4) is 0 Å². The Morgan fingerprint density at radius 2 is 1.44 bits per heavy atom. The molecule has 3 rings (SSSR count). The van der Waals surface area contributed by atoms with Crippen molar-refractivity contribution < 1.29 is 8.42 Å². The Bertz CT molecular complexity index is 1000. The van der Waals surface area contributed by atoms with Crippen LogP contribution in [0, 0.1) is 0 Å². The van der Waals surface area contributed by atoms with Crippen LogP contribution in [0.15, 0.2) is 58.4 Å². The first-order valence-corrected chi connectivity index (χ1v) is 12.2. The number of rotatable bonds is 7. The lowest BCUT2D eigenvalue weighted by Gasteiger charge is -2.32. The first-order valence-electron chi connectivity index (χ1n) is 10.7. The van der Waals surface area contributed by atoms with Crippen LogP contribution < -0.4 is 10.6 Å². The van der Waals surface area contributed by atoms with Gasteiger partial charge in [-0.25, -0.2) is 8.42 Å². The van der Waals surface area contributed by atoms with Gasteiger partial charge < -0.3 is 15.5 Å². The molecular weight excluding hydrogens is 537 g/mol. The predicted octanol–water partition coefficient (Wildman–Crippen LogP) is 2.67. The van der Waals surface area contributed by atoms with E-state index in [1.165, 1.54) is 11.1 Å². The summed E-state index contributed by atoms with van der Waals surface area (Å²) in [4.78, 5) is 6.80. The molecule has 1 aliphatic heterocycles. The van der Waals surface area contributed by atoms with Gasteiger partial charge in [0.1, 0.15) is 0 Å². The highest BCUT2D eigenvalue weighted by Gasteiger charge is 2.29. The lowest BCUT2D eigenvalue weighted by molar-refractivity contribution is 0.222. The van der Waals surface area contributed by atoms with Crippen molar-refractivity contribution in [3.63, 3.8) is 0 Å². The maximum atomic E-state index is 13.2. The highest BCUT2D eigenvalue weighted by atomic mass is 127. The normalized spacial score (nSPS) is 15.8. The van der Waals surface area contributed by atoms with E-state index >= 15 is 0 Å². The van der Waals surface area contributed by atoms with Crippen molar-refractivity contribution >= 4 is 40.0 Å². The van der Waals surface area contributed by atoms with Gasteiger partial charge in [-0.3, -0.25) is 4.99 Å². The number of guanidine groups is 1. The molecule has 0 amide bonds. The zero-order valence-corrected chi connectivity index (χ0v) is 22.2. The highest BCUT2D eigenvalue weighted by molar-refractivity contribution is 14.0. The first-order chi connectivity index (χ1) is 15.0. The van der Waals surface area contributed by atoms with Gasteiger partial charge in [0.05, 0.1) is 4.90 Å². The molecule has 0 spiro atoms. The summed E-state index contributed by atoms with van der Waals surface area (Å²) in [5.41, 5.74) is 3.26. The van der Waals surface area contributed by atoms with E-state index in [9.17, 15) is 8.42 Å². The lowest BCUT2D eigenvalue weighted by Crippen LogP contribution is -2.47. The average molecular weight is 572 g/mol. The summed E-state index contributed by atoms with van der Waals surface area (Å²) >= 11 is 0. The number of aliphatic imine (C=N–C) groups is 1. The minimum Gasteiger partial charge on any atom is -0.352 e. The van der Waals surface area contributed by atoms with Crippen LogP contribution in [0.25, 0.3) is 0 Å². The van der Waals surface area contributed by atoms with E-state index in [0.29, 0.717) is 37.0 Å². The quantitative estimate of drug-likeness (QED) is 0.304. The number of halogens is 1. The monoisotopic (exact) mass is 571 g/mol. The number of likely N-dealkylation sites (N-methyl/N-ethyl adjacent to an activating group) is 1. The fourth-order valence-electron chi connectivity index (χ4n) is 3.72. The molecule has 1 heterocycles. The molecule has 0 unspecified atom stereocenters. The molecule has 176 valence electrons. The zero-order valence-electron chi connectivity index (χ0n) is 19.0. The molecule has 1 saturated heterocycles. The molecule has 2 aromatic carbocycles. The smallest absolute Gasteiger partial charge is 0.243 e. The van der Waals surface area contributed by atoms with E-state index in [1.54, 1.807) is 23.5 Å². The number of benzene rings is 2. The summed E-state index contributed by atoms with van der Waals surface area (Å²) in [6.45, 7) is 5.69. The summed E-state index contributed by atoms with van der Waals surface area (Å²) in [7, 11) is 0.201. The minimum absolute atomic E-state index is 0. The maximum absolute atomic E-state index is 13.2. The molecular formula is C23H34IN5O2S. The van der Waals surface area contributed by atoms with Gasteiger partial charge in [0.25, 0.3) is 0 Å². The summed E-state index contributed by atoms with van der Waals surface area (Å²) in [5, 5.41) is 6.59. The van der Waals surface area contributed by atoms with Crippen LogP contribution in [0.5, 0.6) is 0 Å². The van der Waals surface area contributed by atoms with E-state index in [1.807, 2.05) is 31.3 Å². The summed E-state index contributed by atoms with van der Waals surface area (Å²) in [5.74, 6) is 0.637. The Morgan fingerprint density at radius 3 is 2.03 bits per heavy atom. The van der Waals surface area contributed by atoms with Gasteiger partial charge in [0.15, 0.2) is 5.96 Å². The fraction of sp³-hybridized carbons (Fsp3) is 0.435. The number of nitrogens with zero attached hydrogens (tertiary/aromatic N) is 3. The third-order valence-corrected chi connectivity index (χ3v) is 7.67. The number of piperazine rings is 1. The molecule has 1 fully saturated rings. The second-order valence-corrected chi connectivity index (χ2v) is 9.62. The van der Waals surface area contributed by atoms with Gasteiger partial charge in [0.2, 0.25) is 10.0 Å². The van der Waals surface area contributed by atoms with Crippen molar-refractivity contribution in [2.24, 2.45) is 4.99 Å². The van der Waals surface area contributed by atoms with Gasteiger partial charge in [-0.05, 0) is 36.2 Å². The van der Waals surface area contributed by atoms with E-state index in [0.717, 1.165) is 25.1 Å². The first kappa shape index (κ1) is 26.6. The van der Waals surface area contributed by atoms with Crippen molar-refractivity contribution in [2.45, 2.75) is 31.3 Å². The van der Waals surface area contributed by atoms with Crippen LogP contribution in [0.2, 0.25) is 0 Å². The SMILES string of the molecule is CCc1ccccc1CNC(=NC)NCc1ccccc1S(=O)(=O)N1CCN(C)CC1.I. The van der Waals surface area contributed by atoms with Crippen LogP contribution >= 0.6 is 24.0 Å². The van der Waals surface area contributed by atoms with E-state index < -0.39 is 10.0 Å². The molecule has 1 aliphatic rings. The van der Waals surface area contributed by atoms with Gasteiger partial charge in [-0.2, -0.15) is 4.31 Å². The van der Waals surface area contributed by atoms with Gasteiger partial charge in [-0.15, -0.1) is 24.0 Å². The number of sulfonamides is 1. The third kappa shape index (κ3) is 6.66. The maximum Gasteiger partial charge on any atom is 0.243 e. The molecule has 0 bridgehead atoms. The molecule has 32 heavy (non-hydrogen) atoms. The van der Waals surface area contributed by atoms with Crippen molar-refractivity contribution in [1.29, 1.82) is 0 Å². The van der Waals surface area contributed by atoms with Crippen molar-refractivity contribution in [3.8, 4) is 0 Å². The van der Waals surface area contributed by atoms with Crippen molar-refractivity contribution in [2.75, 3.05) is 40.3 Å². The van der Waals surface area contributed by atoms with Crippen molar-refractivity contribution in [3.05, 3.63) is 65.2 Å². The molecule has 0 radical (unpaired) electrons. The lowest BCUT2D eigenvalue weighted by atomic mass is 10.1. The Labute approximate surface area is 209 Å². The molecule has 0 aromatic heterocycles. The minimum atomic E-state index is -3.53. The molecule has 0 saturated carbocycles. The number of hydrogen-bond donors (Lipinski definition) is 2. The summed E-state index contributed by atoms with van der Waals surface area (Å²) < 4.78 is 28.1. The summed E-state index contributed by atoms with van der Waals surface area (Å²) in [6, 6.07) is 15.5. The molecule has 0 atom stereocenters. The van der Waals surface area contributed by atoms with E-state index in [2.05, 4.69) is 39.6 Å². The Hall–Kier alpha value is -1.69. The molecule has 2 aromatic rings. The summed E-state index contributed by atoms with van der Waals surface area (Å²) in [6.07, 6.45) is 0.974. The fourth-order valence-corrected chi connectivity index (χ4v) is 5.37. The Balaban J connectivity index is 0.00000363. The van der Waals surface area contributed by atoms with Crippen LogP contribution in [0.1, 0.15) is 23.6 Å². The Morgan fingerprint density at radius 1 is 0.906 bits per heavy atom. The van der Waals surface area contributed by atoms with Gasteiger partial charge >= 0.3 is 0 Å². The predicted molar refractivity (Wildman–Crippen MR) is 141 cm³/mol. The number of aryl methyl sites for hydroxylation is 1. The standard InChI is InChI=1S/C23H33N5O2S.HI/c1-4-19-9-5-6-10-20(19)17-25-23(24-2)26-18-21-11-7-8-12-22(21)31(29,30)28-15-13-27(3)14-16-28;/h5-12H,4,13-18H2,1-3H3,(H2,24,25,26);1H. The van der Waals surface area contributed by atoms with E-state index in [-0.39, 0.29) is 24.0 Å².